The van der Waals surface area contributed by atoms with Gasteiger partial charge >= 0.3 is 12.1 Å². The van der Waals surface area contributed by atoms with Crippen LogP contribution in [0.2, 0.25) is 0 Å². The van der Waals surface area contributed by atoms with Gasteiger partial charge in [0.15, 0.2) is 5.54 Å². The Morgan fingerprint density at radius 1 is 1.18 bits per heavy atom. The fourth-order valence-corrected chi connectivity index (χ4v) is 4.23. The zero-order valence-electron chi connectivity index (χ0n) is 19.2. The molecule has 2 atom stereocenters. The Hall–Kier alpha value is -2.11. The molecular weight excluding hydrogens is 457 g/mol. The molecule has 0 spiro atoms. The topological polar surface area (TPSA) is 103 Å². The average molecular weight is 487 g/mol. The highest BCUT2D eigenvalue weighted by molar-refractivity contribution is 7.90. The lowest BCUT2D eigenvalue weighted by Gasteiger charge is -2.40. The van der Waals surface area contributed by atoms with Crippen LogP contribution in [0.15, 0.2) is 30.5 Å². The molecule has 1 saturated carbocycles. The maximum absolute atomic E-state index is 13.8. The number of hydrogen-bond donors (Lipinski definition) is 2. The van der Waals surface area contributed by atoms with Crippen molar-refractivity contribution in [2.45, 2.75) is 76.4 Å². The Morgan fingerprint density at radius 2 is 1.76 bits per heavy atom. The number of carbonyl (C=O) groups is 1. The molecule has 2 N–H and O–H groups in total. The Morgan fingerprint density at radius 3 is 2.21 bits per heavy atom. The highest BCUT2D eigenvalue weighted by Crippen LogP contribution is 2.47. The number of benzene rings is 1. The van der Waals surface area contributed by atoms with Gasteiger partial charge in [-0.05, 0) is 45.6 Å². The molecule has 0 bridgehead atoms. The van der Waals surface area contributed by atoms with E-state index >= 15 is 0 Å². The van der Waals surface area contributed by atoms with Crippen molar-refractivity contribution in [3.8, 4) is 11.3 Å². The van der Waals surface area contributed by atoms with Crippen LogP contribution in [-0.2, 0) is 21.7 Å². The smallest absolute Gasteiger partial charge is 0.394 e. The summed E-state index contributed by atoms with van der Waals surface area (Å²) in [6, 6.07) is 6.36. The third kappa shape index (κ3) is 5.36. The summed E-state index contributed by atoms with van der Waals surface area (Å²) >= 11 is -1.95. The third-order valence-electron chi connectivity index (χ3n) is 5.72. The van der Waals surface area contributed by atoms with Gasteiger partial charge in [-0.2, -0.15) is 28.2 Å². The standard InChI is InChI=1S/C22H29F3N4O3S/c1-19(2,3)33(32)28-21(18(30)31,13-20(4,5)22(23,24)25)15-8-6-14(7-9-15)17-12-26-29(27-17)16-10-11-16/h6-9,12,16,28H,10-11,13H2,1-5H3,(H,30,31)/t21?,33-/m0/s1. The van der Waals surface area contributed by atoms with Crippen molar-refractivity contribution in [3.63, 3.8) is 0 Å². The van der Waals surface area contributed by atoms with Gasteiger partial charge in [-0.3, -0.25) is 0 Å². The minimum Gasteiger partial charge on any atom is -0.598 e. The van der Waals surface area contributed by atoms with Crippen LogP contribution in [0.25, 0.3) is 11.3 Å². The van der Waals surface area contributed by atoms with Crippen molar-refractivity contribution in [1.29, 1.82) is 0 Å². The van der Waals surface area contributed by atoms with E-state index in [1.54, 1.807) is 43.9 Å². The molecular formula is C22H29F3N4O3S. The summed E-state index contributed by atoms with van der Waals surface area (Å²) in [4.78, 5) is 14.2. The van der Waals surface area contributed by atoms with Crippen molar-refractivity contribution in [2.24, 2.45) is 5.41 Å². The number of nitrogens with one attached hydrogen (secondary N) is 1. The first-order chi connectivity index (χ1) is 15.1. The monoisotopic (exact) mass is 486 g/mol. The maximum Gasteiger partial charge on any atom is 0.394 e. The maximum atomic E-state index is 13.8. The molecule has 0 amide bonds. The van der Waals surface area contributed by atoms with Crippen molar-refractivity contribution < 1.29 is 27.6 Å². The first-order valence-electron chi connectivity index (χ1n) is 10.6. The van der Waals surface area contributed by atoms with Gasteiger partial charge in [0.05, 0.1) is 17.7 Å². The predicted molar refractivity (Wildman–Crippen MR) is 119 cm³/mol. The van der Waals surface area contributed by atoms with E-state index in [1.807, 2.05) is 0 Å². The number of nitrogens with zero attached hydrogens (tertiary/aromatic N) is 3. The normalized spacial score (nSPS) is 18.1. The molecule has 11 heteroatoms. The molecule has 0 radical (unpaired) electrons. The number of halogens is 3. The van der Waals surface area contributed by atoms with Crippen LogP contribution in [-0.4, -0.2) is 41.5 Å². The van der Waals surface area contributed by atoms with Gasteiger partial charge in [0.25, 0.3) is 0 Å². The highest BCUT2D eigenvalue weighted by Gasteiger charge is 2.57. The van der Waals surface area contributed by atoms with Crippen LogP contribution >= 0.6 is 0 Å². The van der Waals surface area contributed by atoms with Crippen LogP contribution < -0.4 is 4.72 Å². The van der Waals surface area contributed by atoms with Crippen molar-refractivity contribution in [2.75, 3.05) is 0 Å². The number of hydrogen-bond acceptors (Lipinski definition) is 5. The molecule has 1 heterocycles. The molecule has 33 heavy (non-hydrogen) atoms. The van der Waals surface area contributed by atoms with Crippen LogP contribution in [0.4, 0.5) is 13.2 Å². The summed E-state index contributed by atoms with van der Waals surface area (Å²) in [5.74, 6) is -1.54. The Labute approximate surface area is 194 Å². The molecule has 1 fully saturated rings. The molecule has 1 unspecified atom stereocenters. The van der Waals surface area contributed by atoms with E-state index < -0.39 is 45.6 Å². The number of rotatable bonds is 8. The van der Waals surface area contributed by atoms with Gasteiger partial charge in [-0.25, -0.2) is 4.79 Å². The summed E-state index contributed by atoms with van der Waals surface area (Å²) in [5.41, 5.74) is -3.30. The fraction of sp³-hybridized carbons (Fsp3) is 0.591. The molecule has 1 aromatic carbocycles. The number of carboxylic acids is 1. The summed E-state index contributed by atoms with van der Waals surface area (Å²) in [6.07, 6.45) is -1.89. The zero-order valence-corrected chi connectivity index (χ0v) is 20.0. The minimum atomic E-state index is -4.67. The van der Waals surface area contributed by atoms with Gasteiger partial charge in [-0.15, -0.1) is 4.72 Å². The second-order valence-electron chi connectivity index (χ2n) is 10.1. The van der Waals surface area contributed by atoms with Crippen molar-refractivity contribution in [1.82, 2.24) is 19.7 Å². The average Bonchev–Trinajstić information content (AvgIpc) is 3.42. The number of aliphatic carboxylic acids is 1. The zero-order chi connectivity index (χ0) is 24.8. The molecule has 3 rings (SSSR count). The predicted octanol–water partition coefficient (Wildman–Crippen LogP) is 4.59. The van der Waals surface area contributed by atoms with Gasteiger partial charge in [0, 0.05) is 16.9 Å². The molecule has 0 aliphatic heterocycles. The number of aromatic nitrogens is 3. The van der Waals surface area contributed by atoms with Crippen LogP contribution in [0.1, 0.15) is 65.5 Å². The van der Waals surface area contributed by atoms with E-state index in [0.717, 1.165) is 26.7 Å². The van der Waals surface area contributed by atoms with Crippen LogP contribution in [0.3, 0.4) is 0 Å². The van der Waals surface area contributed by atoms with Crippen molar-refractivity contribution >= 4 is 17.3 Å². The minimum absolute atomic E-state index is 0.0725. The Bertz CT molecular complexity index is 998. The van der Waals surface area contributed by atoms with E-state index in [4.69, 9.17) is 0 Å². The Balaban J connectivity index is 2.03. The second kappa shape index (κ2) is 8.59. The van der Waals surface area contributed by atoms with Gasteiger partial charge < -0.3 is 9.66 Å². The molecule has 0 saturated heterocycles. The van der Waals surface area contributed by atoms with E-state index in [2.05, 4.69) is 14.9 Å². The molecule has 182 valence electrons. The molecule has 1 aliphatic rings. The third-order valence-corrected chi connectivity index (χ3v) is 7.36. The number of alkyl halides is 3. The van der Waals surface area contributed by atoms with E-state index in [-0.39, 0.29) is 5.56 Å². The lowest BCUT2D eigenvalue weighted by atomic mass is 9.74. The highest BCUT2D eigenvalue weighted by atomic mass is 32.2. The molecule has 2 aromatic rings. The first kappa shape index (κ1) is 25.5. The molecule has 1 aliphatic carbocycles. The second-order valence-corrected chi connectivity index (χ2v) is 12.1. The van der Waals surface area contributed by atoms with E-state index in [1.165, 1.54) is 12.1 Å². The van der Waals surface area contributed by atoms with Gasteiger partial charge in [0.1, 0.15) is 10.4 Å². The van der Waals surface area contributed by atoms with Gasteiger partial charge in [-0.1, -0.05) is 38.1 Å². The van der Waals surface area contributed by atoms with E-state index in [0.29, 0.717) is 17.3 Å². The Kier molecular flexibility index (Phi) is 6.64. The lowest BCUT2D eigenvalue weighted by molar-refractivity contribution is -0.219. The molecule has 1 aromatic heterocycles. The summed E-state index contributed by atoms with van der Waals surface area (Å²) in [5, 5.41) is 18.8. The quantitative estimate of drug-likeness (QED) is 0.529. The van der Waals surface area contributed by atoms with Crippen LogP contribution in [0, 0.1) is 5.41 Å². The summed E-state index contributed by atoms with van der Waals surface area (Å²) in [7, 11) is 0. The fourth-order valence-electron chi connectivity index (χ4n) is 3.33. The largest absolute Gasteiger partial charge is 0.598 e. The van der Waals surface area contributed by atoms with Crippen LogP contribution in [0.5, 0.6) is 0 Å². The first-order valence-corrected chi connectivity index (χ1v) is 11.7. The number of carboxylic acid groups (broad SMARTS) is 1. The van der Waals surface area contributed by atoms with Gasteiger partial charge in [0.2, 0.25) is 0 Å². The van der Waals surface area contributed by atoms with Crippen molar-refractivity contribution in [3.05, 3.63) is 36.0 Å². The summed E-state index contributed by atoms with van der Waals surface area (Å²) in [6.45, 7) is 6.73. The molecule has 7 nitrogen and oxygen atoms in total. The SMILES string of the molecule is CC(C)(C)[S@+]([O-])NC(CC(C)(C)C(F)(F)F)(C(=O)O)c1ccc(-c2cnn(C3CC3)n2)cc1. The lowest BCUT2D eigenvalue weighted by Crippen LogP contribution is -2.58. The summed E-state index contributed by atoms with van der Waals surface area (Å²) < 4.78 is 55.8. The van der Waals surface area contributed by atoms with E-state index in [9.17, 15) is 27.6 Å².